The fourth-order valence-corrected chi connectivity index (χ4v) is 4.24. The molecule has 0 saturated carbocycles. The molecule has 1 unspecified atom stereocenters. The molecule has 2 aliphatic heterocycles. The molecule has 0 bridgehead atoms. The number of carbonyl (C=O) groups excluding carboxylic acids is 1. The number of rotatable bonds is 7. The third-order valence-corrected chi connectivity index (χ3v) is 5.64. The van der Waals surface area contributed by atoms with Gasteiger partial charge in [0.25, 0.3) is 0 Å². The molecule has 1 saturated heterocycles. The zero-order valence-electron chi connectivity index (χ0n) is 15.6. The van der Waals surface area contributed by atoms with Gasteiger partial charge in [0.1, 0.15) is 12.0 Å². The molecular formula is C22H25NO4. The van der Waals surface area contributed by atoms with Crippen molar-refractivity contribution in [3.05, 3.63) is 53.6 Å². The van der Waals surface area contributed by atoms with E-state index in [0.29, 0.717) is 25.3 Å². The van der Waals surface area contributed by atoms with Gasteiger partial charge in [0.2, 0.25) is 6.79 Å². The van der Waals surface area contributed by atoms with Crippen LogP contribution in [0.4, 0.5) is 0 Å². The Balaban J connectivity index is 1.46. The largest absolute Gasteiger partial charge is 0.496 e. The first kappa shape index (κ1) is 17.9. The molecule has 5 heteroatoms. The minimum atomic E-state index is 0.294. The number of hydrogen-bond acceptors (Lipinski definition) is 5. The van der Waals surface area contributed by atoms with Crippen LogP contribution in [0.2, 0.25) is 0 Å². The van der Waals surface area contributed by atoms with Crippen LogP contribution in [0.3, 0.4) is 0 Å². The Bertz CT molecular complexity index is 807. The Morgan fingerprint density at radius 3 is 2.89 bits per heavy atom. The first-order chi connectivity index (χ1) is 13.3. The summed E-state index contributed by atoms with van der Waals surface area (Å²) in [4.78, 5) is 13.5. The Labute approximate surface area is 159 Å². The number of methoxy groups -OCH3 is 1. The molecule has 2 atom stereocenters. The van der Waals surface area contributed by atoms with E-state index in [4.69, 9.17) is 14.2 Å². The highest BCUT2D eigenvalue weighted by Crippen LogP contribution is 2.39. The van der Waals surface area contributed by atoms with Gasteiger partial charge in [-0.15, -0.1) is 0 Å². The maximum absolute atomic E-state index is 11.2. The molecule has 1 fully saturated rings. The Hall–Kier alpha value is -2.53. The molecule has 2 aromatic rings. The summed E-state index contributed by atoms with van der Waals surface area (Å²) in [6, 6.07) is 14.8. The van der Waals surface area contributed by atoms with Crippen LogP contribution in [0, 0.1) is 0 Å². The number of ether oxygens (including phenoxy) is 3. The number of nitrogens with zero attached hydrogens (tertiary/aromatic N) is 1. The zero-order valence-corrected chi connectivity index (χ0v) is 15.6. The van der Waals surface area contributed by atoms with Gasteiger partial charge in [0.15, 0.2) is 11.5 Å². The summed E-state index contributed by atoms with van der Waals surface area (Å²) < 4.78 is 16.4. The number of likely N-dealkylation sites (tertiary alicyclic amines) is 1. The summed E-state index contributed by atoms with van der Waals surface area (Å²) in [5, 5.41) is 0. The molecule has 0 aromatic heterocycles. The minimum Gasteiger partial charge on any atom is -0.496 e. The molecule has 2 heterocycles. The van der Waals surface area contributed by atoms with Crippen molar-refractivity contribution < 1.29 is 19.0 Å². The lowest BCUT2D eigenvalue weighted by molar-refractivity contribution is -0.109. The summed E-state index contributed by atoms with van der Waals surface area (Å²) in [6.07, 6.45) is 4.01. The van der Waals surface area contributed by atoms with E-state index in [1.165, 1.54) is 11.1 Å². The van der Waals surface area contributed by atoms with Crippen LogP contribution in [-0.4, -0.2) is 44.2 Å². The van der Waals surface area contributed by atoms with Crippen molar-refractivity contribution in [1.29, 1.82) is 0 Å². The summed E-state index contributed by atoms with van der Waals surface area (Å²) in [6.45, 7) is 1.68. The molecule has 0 spiro atoms. The Kier molecular flexibility index (Phi) is 5.30. The molecule has 0 aliphatic carbocycles. The SMILES string of the molecule is COc1ccccc1CCC1C[C@@H](c2ccc3c(c2)OCO3)CN1CC=O. The first-order valence-electron chi connectivity index (χ1n) is 9.47. The van der Waals surface area contributed by atoms with E-state index in [0.717, 1.165) is 49.3 Å². The molecule has 2 aromatic carbocycles. The van der Waals surface area contributed by atoms with Crippen molar-refractivity contribution in [2.24, 2.45) is 0 Å². The van der Waals surface area contributed by atoms with Crippen molar-refractivity contribution in [2.75, 3.05) is 27.0 Å². The third kappa shape index (κ3) is 3.78. The van der Waals surface area contributed by atoms with E-state index in [-0.39, 0.29) is 0 Å². The van der Waals surface area contributed by atoms with Gasteiger partial charge in [-0.2, -0.15) is 0 Å². The van der Waals surface area contributed by atoms with E-state index in [1.807, 2.05) is 24.3 Å². The van der Waals surface area contributed by atoms with Gasteiger partial charge in [0, 0.05) is 12.6 Å². The van der Waals surface area contributed by atoms with Crippen LogP contribution in [0.25, 0.3) is 0 Å². The lowest BCUT2D eigenvalue weighted by Crippen LogP contribution is -2.31. The predicted molar refractivity (Wildman–Crippen MR) is 103 cm³/mol. The molecule has 0 amide bonds. The van der Waals surface area contributed by atoms with Crippen LogP contribution in [-0.2, 0) is 11.2 Å². The number of carbonyl (C=O) groups is 1. The smallest absolute Gasteiger partial charge is 0.231 e. The third-order valence-electron chi connectivity index (χ3n) is 5.64. The van der Waals surface area contributed by atoms with Gasteiger partial charge in [0.05, 0.1) is 13.7 Å². The second kappa shape index (κ2) is 8.01. The molecule has 0 N–H and O–H groups in total. The van der Waals surface area contributed by atoms with Crippen LogP contribution in [0.15, 0.2) is 42.5 Å². The fraction of sp³-hybridized carbons (Fsp3) is 0.409. The quantitative estimate of drug-likeness (QED) is 0.702. The lowest BCUT2D eigenvalue weighted by Gasteiger charge is -2.22. The highest BCUT2D eigenvalue weighted by molar-refractivity contribution is 5.52. The maximum atomic E-state index is 11.2. The van der Waals surface area contributed by atoms with Crippen molar-refractivity contribution in [3.63, 3.8) is 0 Å². The predicted octanol–water partition coefficient (Wildman–Crippen LogP) is 3.41. The van der Waals surface area contributed by atoms with Crippen molar-refractivity contribution >= 4 is 6.29 Å². The van der Waals surface area contributed by atoms with Gasteiger partial charge in [-0.25, -0.2) is 0 Å². The molecular weight excluding hydrogens is 342 g/mol. The van der Waals surface area contributed by atoms with Crippen molar-refractivity contribution in [2.45, 2.75) is 31.2 Å². The van der Waals surface area contributed by atoms with E-state index >= 15 is 0 Å². The van der Waals surface area contributed by atoms with Crippen LogP contribution < -0.4 is 14.2 Å². The molecule has 0 radical (unpaired) electrons. The van der Waals surface area contributed by atoms with Gasteiger partial charge < -0.3 is 19.0 Å². The second-order valence-corrected chi connectivity index (χ2v) is 7.17. The van der Waals surface area contributed by atoms with E-state index in [9.17, 15) is 4.79 Å². The molecule has 142 valence electrons. The summed E-state index contributed by atoms with van der Waals surface area (Å²) >= 11 is 0. The van der Waals surface area contributed by atoms with Crippen molar-refractivity contribution in [3.8, 4) is 17.2 Å². The van der Waals surface area contributed by atoms with E-state index in [2.05, 4.69) is 23.1 Å². The molecule has 2 aliphatic rings. The second-order valence-electron chi connectivity index (χ2n) is 7.17. The zero-order chi connectivity index (χ0) is 18.6. The van der Waals surface area contributed by atoms with E-state index < -0.39 is 0 Å². The molecule has 4 rings (SSSR count). The number of aryl methyl sites for hydroxylation is 1. The number of hydrogen-bond donors (Lipinski definition) is 0. The van der Waals surface area contributed by atoms with Crippen molar-refractivity contribution in [1.82, 2.24) is 4.90 Å². The van der Waals surface area contributed by atoms with Gasteiger partial charge in [-0.1, -0.05) is 24.3 Å². The summed E-state index contributed by atoms with van der Waals surface area (Å²) in [5.74, 6) is 2.98. The first-order valence-corrected chi connectivity index (χ1v) is 9.47. The van der Waals surface area contributed by atoms with Crippen LogP contribution in [0.1, 0.15) is 29.9 Å². The van der Waals surface area contributed by atoms with Crippen LogP contribution >= 0.6 is 0 Å². The number of aldehydes is 1. The number of benzene rings is 2. The number of para-hydroxylation sites is 1. The average Bonchev–Trinajstić information content (AvgIpc) is 3.33. The fourth-order valence-electron chi connectivity index (χ4n) is 4.24. The molecule has 27 heavy (non-hydrogen) atoms. The monoisotopic (exact) mass is 367 g/mol. The van der Waals surface area contributed by atoms with Gasteiger partial charge >= 0.3 is 0 Å². The standard InChI is InChI=1S/C22H25NO4/c1-25-20-5-3-2-4-16(20)6-8-19-12-18(14-23(19)10-11-24)17-7-9-21-22(13-17)27-15-26-21/h2-5,7,9,11,13,18-19H,6,8,10,12,14-15H2,1H3/t18-,19?/m1/s1. The molecule has 5 nitrogen and oxygen atoms in total. The number of fused-ring (bicyclic) bond motifs is 1. The average molecular weight is 367 g/mol. The van der Waals surface area contributed by atoms with Gasteiger partial charge in [-0.3, -0.25) is 4.90 Å². The highest BCUT2D eigenvalue weighted by Gasteiger charge is 2.33. The van der Waals surface area contributed by atoms with Crippen LogP contribution in [0.5, 0.6) is 17.2 Å². The Morgan fingerprint density at radius 1 is 1.19 bits per heavy atom. The minimum absolute atomic E-state index is 0.294. The maximum Gasteiger partial charge on any atom is 0.231 e. The van der Waals surface area contributed by atoms with E-state index in [1.54, 1.807) is 7.11 Å². The summed E-state index contributed by atoms with van der Waals surface area (Å²) in [5.41, 5.74) is 2.48. The topological polar surface area (TPSA) is 48.0 Å². The Morgan fingerprint density at radius 2 is 2.04 bits per heavy atom. The summed E-state index contributed by atoms with van der Waals surface area (Å²) in [7, 11) is 1.71. The normalized spacial score (nSPS) is 21.4. The van der Waals surface area contributed by atoms with Gasteiger partial charge in [-0.05, 0) is 54.5 Å². The highest BCUT2D eigenvalue weighted by atomic mass is 16.7. The lowest BCUT2D eigenvalue weighted by atomic mass is 9.94.